The minimum Gasteiger partial charge on any atom is -0.386 e. The molecule has 0 bridgehead atoms. The van der Waals surface area contributed by atoms with Crippen molar-refractivity contribution in [3.8, 4) is 12.1 Å². The summed E-state index contributed by atoms with van der Waals surface area (Å²) in [5.74, 6) is -1.12. The number of hydrogen-bond donors (Lipinski definition) is 1. The van der Waals surface area contributed by atoms with Crippen molar-refractivity contribution in [3.63, 3.8) is 0 Å². The van der Waals surface area contributed by atoms with Gasteiger partial charge >= 0.3 is 0 Å². The van der Waals surface area contributed by atoms with Crippen LogP contribution in [0.3, 0.4) is 0 Å². The minimum absolute atomic E-state index is 0.227. The zero-order valence-corrected chi connectivity index (χ0v) is 11.2. The van der Waals surface area contributed by atoms with E-state index >= 15 is 0 Å². The van der Waals surface area contributed by atoms with Gasteiger partial charge in [0.05, 0.1) is 25.4 Å². The quantitative estimate of drug-likeness (QED) is 0.709. The summed E-state index contributed by atoms with van der Waals surface area (Å²) in [6.07, 6.45) is 4.79. The van der Waals surface area contributed by atoms with Gasteiger partial charge in [0.25, 0.3) is 5.91 Å². The standard InChI is InChI=1S/C14H16N4O2/c15-8-12-10(17)18-14(19-6-7-20-14)13(12,9-16)11(12)4-2-1-3-5-11/h1-7H2,(H2,17,18). The highest BCUT2D eigenvalue weighted by Gasteiger charge is 3.00. The smallest absolute Gasteiger partial charge is 0.293 e. The molecule has 4 rings (SSSR count). The fraction of sp³-hybridized carbons (Fsp3) is 0.786. The lowest BCUT2D eigenvalue weighted by Crippen LogP contribution is -2.42. The zero-order valence-electron chi connectivity index (χ0n) is 11.2. The predicted molar refractivity (Wildman–Crippen MR) is 67.9 cm³/mol. The van der Waals surface area contributed by atoms with Crippen LogP contribution in [0.1, 0.15) is 32.1 Å². The van der Waals surface area contributed by atoms with Crippen molar-refractivity contribution in [1.82, 2.24) is 0 Å². The Bertz CT molecular complexity index is 589. The Hall–Kier alpha value is -1.63. The van der Waals surface area contributed by atoms with Gasteiger partial charge in [-0.15, -0.1) is 0 Å². The van der Waals surface area contributed by atoms with E-state index in [0.29, 0.717) is 13.2 Å². The van der Waals surface area contributed by atoms with Gasteiger partial charge in [-0.1, -0.05) is 19.3 Å². The molecule has 2 unspecified atom stereocenters. The lowest BCUT2D eigenvalue weighted by Gasteiger charge is -2.33. The van der Waals surface area contributed by atoms with Gasteiger partial charge in [0.2, 0.25) is 0 Å². The van der Waals surface area contributed by atoms with Gasteiger partial charge in [-0.05, 0) is 12.8 Å². The Morgan fingerprint density at radius 3 is 2.25 bits per heavy atom. The Balaban J connectivity index is 1.95. The van der Waals surface area contributed by atoms with Crippen LogP contribution in [-0.2, 0) is 9.47 Å². The maximum atomic E-state index is 9.93. The van der Waals surface area contributed by atoms with E-state index in [-0.39, 0.29) is 5.84 Å². The minimum atomic E-state index is -1.35. The number of fused-ring (bicyclic) bond motifs is 4. The van der Waals surface area contributed by atoms with Crippen molar-refractivity contribution in [1.29, 1.82) is 10.5 Å². The molecule has 0 aromatic heterocycles. The number of ether oxygens (including phenoxy) is 2. The van der Waals surface area contributed by atoms with Crippen molar-refractivity contribution >= 4 is 5.84 Å². The number of nitriles is 2. The number of nitrogens with zero attached hydrogens (tertiary/aromatic N) is 3. The molecule has 2 heterocycles. The van der Waals surface area contributed by atoms with E-state index in [1.165, 1.54) is 0 Å². The second kappa shape index (κ2) is 3.33. The van der Waals surface area contributed by atoms with Crippen molar-refractivity contribution in [2.45, 2.75) is 38.0 Å². The molecule has 2 saturated carbocycles. The third-order valence-corrected chi connectivity index (χ3v) is 5.78. The average molecular weight is 272 g/mol. The molecule has 6 heteroatoms. The second-order valence-corrected chi connectivity index (χ2v) is 6.14. The summed E-state index contributed by atoms with van der Waals surface area (Å²) < 4.78 is 11.4. The monoisotopic (exact) mass is 272 g/mol. The summed E-state index contributed by atoms with van der Waals surface area (Å²) in [6, 6.07) is 4.69. The second-order valence-electron chi connectivity index (χ2n) is 6.14. The van der Waals surface area contributed by atoms with Gasteiger partial charge in [0.1, 0.15) is 11.3 Å². The molecule has 2 atom stereocenters. The summed E-state index contributed by atoms with van der Waals surface area (Å²) in [7, 11) is 0. The molecule has 0 aromatic carbocycles. The van der Waals surface area contributed by atoms with Crippen LogP contribution in [0.4, 0.5) is 0 Å². The first-order valence-electron chi connectivity index (χ1n) is 7.13. The number of amidine groups is 1. The summed E-state index contributed by atoms with van der Waals surface area (Å²) >= 11 is 0. The van der Waals surface area contributed by atoms with Gasteiger partial charge in [0, 0.05) is 5.41 Å². The van der Waals surface area contributed by atoms with Gasteiger partial charge in [-0.2, -0.15) is 10.5 Å². The SMILES string of the molecule is N#CC12C(N)=NC3(OCCO3)C1(C#N)C21CCCCC1. The molecule has 2 N–H and O–H groups in total. The molecule has 104 valence electrons. The Morgan fingerprint density at radius 1 is 1.05 bits per heavy atom. The molecule has 3 fully saturated rings. The molecule has 0 aromatic rings. The van der Waals surface area contributed by atoms with E-state index in [1.807, 2.05) is 0 Å². The topological polar surface area (TPSA) is 104 Å². The Morgan fingerprint density at radius 2 is 1.70 bits per heavy atom. The van der Waals surface area contributed by atoms with Crippen LogP contribution >= 0.6 is 0 Å². The van der Waals surface area contributed by atoms with Gasteiger partial charge in [-0.3, -0.25) is 0 Å². The van der Waals surface area contributed by atoms with E-state index in [0.717, 1.165) is 32.1 Å². The molecule has 6 nitrogen and oxygen atoms in total. The lowest BCUT2D eigenvalue weighted by molar-refractivity contribution is -0.193. The average Bonchev–Trinajstić information content (AvgIpc) is 2.77. The van der Waals surface area contributed by atoms with E-state index in [9.17, 15) is 10.5 Å². The van der Waals surface area contributed by atoms with Crippen LogP contribution in [-0.4, -0.2) is 25.0 Å². The Kier molecular flexibility index (Phi) is 2.02. The van der Waals surface area contributed by atoms with E-state index in [4.69, 9.17) is 15.2 Å². The Labute approximate surface area is 117 Å². The first-order valence-corrected chi connectivity index (χ1v) is 7.13. The first kappa shape index (κ1) is 12.1. The highest BCUT2D eigenvalue weighted by molar-refractivity contribution is 6.00. The zero-order chi connectivity index (χ0) is 14.1. The maximum Gasteiger partial charge on any atom is 0.293 e. The maximum absolute atomic E-state index is 9.93. The van der Waals surface area contributed by atoms with Crippen molar-refractivity contribution < 1.29 is 9.47 Å². The first-order chi connectivity index (χ1) is 9.66. The van der Waals surface area contributed by atoms with E-state index in [2.05, 4.69) is 17.1 Å². The van der Waals surface area contributed by atoms with Crippen LogP contribution in [0.25, 0.3) is 0 Å². The largest absolute Gasteiger partial charge is 0.386 e. The van der Waals surface area contributed by atoms with Gasteiger partial charge < -0.3 is 15.2 Å². The van der Waals surface area contributed by atoms with Crippen LogP contribution in [0.5, 0.6) is 0 Å². The number of rotatable bonds is 0. The summed E-state index contributed by atoms with van der Waals surface area (Å²) in [5.41, 5.74) is 3.56. The van der Waals surface area contributed by atoms with Crippen molar-refractivity contribution in [2.24, 2.45) is 27.0 Å². The normalized spacial score (nSPS) is 42.8. The predicted octanol–water partition coefficient (Wildman–Crippen LogP) is 1.04. The fourth-order valence-corrected chi connectivity index (χ4v) is 5.09. The van der Waals surface area contributed by atoms with E-state index in [1.54, 1.807) is 0 Å². The molecular weight excluding hydrogens is 256 g/mol. The lowest BCUT2D eigenvalue weighted by atomic mass is 9.76. The highest BCUT2D eigenvalue weighted by atomic mass is 16.8. The molecular formula is C14H16N4O2. The van der Waals surface area contributed by atoms with Crippen LogP contribution in [0.2, 0.25) is 0 Å². The molecule has 2 aliphatic heterocycles. The number of hydrogen-bond acceptors (Lipinski definition) is 6. The molecule has 2 spiro atoms. The molecule has 2 aliphatic carbocycles. The van der Waals surface area contributed by atoms with Crippen LogP contribution < -0.4 is 5.73 Å². The molecule has 20 heavy (non-hydrogen) atoms. The van der Waals surface area contributed by atoms with Crippen molar-refractivity contribution in [3.05, 3.63) is 0 Å². The molecule has 0 radical (unpaired) electrons. The van der Waals surface area contributed by atoms with Crippen LogP contribution in [0.15, 0.2) is 4.99 Å². The molecule has 1 saturated heterocycles. The van der Waals surface area contributed by atoms with Crippen LogP contribution in [0, 0.1) is 38.9 Å². The molecule has 4 aliphatic rings. The summed E-state index contributed by atoms with van der Waals surface area (Å²) in [6.45, 7) is 0.773. The van der Waals surface area contributed by atoms with Gasteiger partial charge in [0.15, 0.2) is 5.41 Å². The number of nitrogens with two attached hydrogens (primary N) is 1. The third kappa shape index (κ3) is 0.827. The number of aliphatic imine (C=N–C) groups is 1. The van der Waals surface area contributed by atoms with Crippen molar-refractivity contribution in [2.75, 3.05) is 13.2 Å². The summed E-state index contributed by atoms with van der Waals surface area (Å²) in [5, 5.41) is 19.8. The molecule has 0 amide bonds. The third-order valence-electron chi connectivity index (χ3n) is 5.78. The van der Waals surface area contributed by atoms with E-state index < -0.39 is 22.2 Å². The highest BCUT2D eigenvalue weighted by Crippen LogP contribution is 2.89. The fourth-order valence-electron chi connectivity index (χ4n) is 5.09. The van der Waals surface area contributed by atoms with Gasteiger partial charge in [-0.25, -0.2) is 4.99 Å². The summed E-state index contributed by atoms with van der Waals surface area (Å²) in [4.78, 5) is 4.29.